The third-order valence-corrected chi connectivity index (χ3v) is 1.79. The second-order valence-corrected chi connectivity index (χ2v) is 3.02. The van der Waals surface area contributed by atoms with Crippen LogP contribution in [-0.2, 0) is 11.3 Å². The van der Waals surface area contributed by atoms with E-state index in [0.717, 1.165) is 0 Å². The summed E-state index contributed by atoms with van der Waals surface area (Å²) in [5.41, 5.74) is 0.437. The Hall–Kier alpha value is -2.31. The van der Waals surface area contributed by atoms with E-state index in [1.165, 1.54) is 29.2 Å². The van der Waals surface area contributed by atoms with E-state index in [1.807, 2.05) is 0 Å². The molecule has 0 aliphatic heterocycles. The molecule has 0 saturated carbocycles. The summed E-state index contributed by atoms with van der Waals surface area (Å²) in [6, 6.07) is 2.60. The molecule has 16 heavy (non-hydrogen) atoms. The number of pyridine rings is 1. The van der Waals surface area contributed by atoms with Crippen LogP contribution in [-0.4, -0.2) is 25.9 Å². The molecule has 2 rings (SSSR count). The molecule has 0 atom stereocenters. The van der Waals surface area contributed by atoms with Crippen molar-refractivity contribution in [2.75, 3.05) is 5.32 Å². The largest absolute Gasteiger partial charge is 0.323 e. The average molecular weight is 221 g/mol. The van der Waals surface area contributed by atoms with Gasteiger partial charge in [0.2, 0.25) is 11.9 Å². The minimum atomic E-state index is -0.589. The second kappa shape index (κ2) is 4.47. The third-order valence-electron chi connectivity index (χ3n) is 1.79. The van der Waals surface area contributed by atoms with Gasteiger partial charge in [0.05, 0.1) is 18.1 Å². The predicted molar refractivity (Wildman–Crippen MR) is 52.8 cm³/mol. The first-order valence-corrected chi connectivity index (χ1v) is 4.49. The van der Waals surface area contributed by atoms with Gasteiger partial charge in [-0.05, 0) is 12.1 Å². The Morgan fingerprint density at radius 1 is 1.50 bits per heavy atom. The summed E-state index contributed by atoms with van der Waals surface area (Å²) in [6.07, 6.45) is 4.30. The molecule has 0 radical (unpaired) electrons. The number of nitrogens with zero attached hydrogens (tertiary/aromatic N) is 4. The van der Waals surface area contributed by atoms with Gasteiger partial charge in [-0.15, -0.1) is 5.10 Å². The quantitative estimate of drug-likeness (QED) is 0.764. The highest BCUT2D eigenvalue weighted by molar-refractivity contribution is 5.90. The molecule has 0 spiro atoms. The molecule has 1 amide bonds. The van der Waals surface area contributed by atoms with Gasteiger partial charge in [-0.25, -0.2) is 9.67 Å². The second-order valence-electron chi connectivity index (χ2n) is 3.02. The molecule has 0 unspecified atom stereocenters. The Morgan fingerprint density at radius 2 is 2.38 bits per heavy atom. The summed E-state index contributed by atoms with van der Waals surface area (Å²) in [4.78, 5) is 14.9. The van der Waals surface area contributed by atoms with Crippen molar-refractivity contribution in [2.45, 2.75) is 6.54 Å². The van der Waals surface area contributed by atoms with Gasteiger partial charge in [-0.3, -0.25) is 4.79 Å². The molecule has 0 aliphatic carbocycles. The van der Waals surface area contributed by atoms with Crippen molar-refractivity contribution in [1.29, 1.82) is 0 Å². The van der Waals surface area contributed by atoms with Crippen molar-refractivity contribution in [3.63, 3.8) is 0 Å². The summed E-state index contributed by atoms with van der Waals surface area (Å²) < 4.78 is 13.9. The number of anilines is 1. The topological polar surface area (TPSA) is 72.7 Å². The van der Waals surface area contributed by atoms with Gasteiger partial charge < -0.3 is 5.32 Å². The van der Waals surface area contributed by atoms with Crippen LogP contribution in [0.5, 0.6) is 0 Å². The predicted octanol–water partition coefficient (Wildman–Crippen LogP) is 0.451. The fourth-order valence-electron chi connectivity index (χ4n) is 1.11. The van der Waals surface area contributed by atoms with E-state index in [-0.39, 0.29) is 12.5 Å². The summed E-state index contributed by atoms with van der Waals surface area (Å²) in [7, 11) is 0. The fraction of sp³-hybridized carbons (Fsp3) is 0.111. The van der Waals surface area contributed by atoms with Gasteiger partial charge in [-0.1, -0.05) is 5.21 Å². The number of halogens is 1. The number of carbonyl (C=O) groups excluding carboxylic acids is 1. The number of amides is 1. The van der Waals surface area contributed by atoms with Crippen molar-refractivity contribution in [2.24, 2.45) is 0 Å². The van der Waals surface area contributed by atoms with Crippen LogP contribution in [0.2, 0.25) is 0 Å². The van der Waals surface area contributed by atoms with E-state index >= 15 is 0 Å². The normalized spacial score (nSPS) is 10.1. The number of aromatic nitrogens is 4. The van der Waals surface area contributed by atoms with Gasteiger partial charge in [0.25, 0.3) is 0 Å². The zero-order valence-electron chi connectivity index (χ0n) is 8.17. The highest BCUT2D eigenvalue weighted by Gasteiger charge is 2.04. The maximum Gasteiger partial charge on any atom is 0.246 e. The van der Waals surface area contributed by atoms with E-state index in [4.69, 9.17) is 0 Å². The number of hydrogen-bond acceptors (Lipinski definition) is 4. The summed E-state index contributed by atoms with van der Waals surface area (Å²) in [5, 5.41) is 9.76. The summed E-state index contributed by atoms with van der Waals surface area (Å²) in [5.74, 6) is -0.867. The van der Waals surface area contributed by atoms with Gasteiger partial charge in [-0.2, -0.15) is 4.39 Å². The number of nitrogens with one attached hydrogen (secondary N) is 1. The van der Waals surface area contributed by atoms with Crippen LogP contribution in [0.3, 0.4) is 0 Å². The van der Waals surface area contributed by atoms with E-state index in [9.17, 15) is 9.18 Å². The zero-order valence-corrected chi connectivity index (χ0v) is 8.17. The lowest BCUT2D eigenvalue weighted by Gasteiger charge is -2.03. The zero-order chi connectivity index (χ0) is 11.4. The maximum absolute atomic E-state index is 12.5. The molecular weight excluding hydrogens is 213 g/mol. The van der Waals surface area contributed by atoms with E-state index in [2.05, 4.69) is 20.6 Å². The Labute approximate surface area is 90.1 Å². The molecule has 2 heterocycles. The lowest BCUT2D eigenvalue weighted by Crippen LogP contribution is -2.19. The summed E-state index contributed by atoms with van der Waals surface area (Å²) in [6.45, 7) is 0.0530. The van der Waals surface area contributed by atoms with Crippen molar-refractivity contribution in [3.8, 4) is 0 Å². The smallest absolute Gasteiger partial charge is 0.246 e. The van der Waals surface area contributed by atoms with Crippen molar-refractivity contribution >= 4 is 11.6 Å². The third kappa shape index (κ3) is 2.59. The number of carbonyl (C=O) groups is 1. The van der Waals surface area contributed by atoms with Crippen LogP contribution in [0.1, 0.15) is 0 Å². The average Bonchev–Trinajstić information content (AvgIpc) is 2.74. The molecule has 1 N–H and O–H groups in total. The molecule has 0 saturated heterocycles. The molecule has 0 bridgehead atoms. The lowest BCUT2D eigenvalue weighted by atomic mass is 10.4. The maximum atomic E-state index is 12.5. The molecule has 82 valence electrons. The minimum Gasteiger partial charge on any atom is -0.323 e. The lowest BCUT2D eigenvalue weighted by molar-refractivity contribution is -0.116. The Morgan fingerprint density at radius 3 is 3.00 bits per heavy atom. The van der Waals surface area contributed by atoms with Crippen LogP contribution in [0, 0.1) is 5.95 Å². The Kier molecular flexibility index (Phi) is 2.86. The molecule has 0 aliphatic rings. The first kappa shape index (κ1) is 10.2. The van der Waals surface area contributed by atoms with E-state index in [1.54, 1.807) is 6.20 Å². The van der Waals surface area contributed by atoms with Gasteiger partial charge in [0.1, 0.15) is 6.54 Å². The molecule has 0 aromatic carbocycles. The number of rotatable bonds is 3. The number of hydrogen-bond donors (Lipinski definition) is 1. The molecular formula is C9H8FN5O. The first-order chi connectivity index (χ1) is 7.74. The molecule has 6 nitrogen and oxygen atoms in total. The molecule has 2 aromatic heterocycles. The summed E-state index contributed by atoms with van der Waals surface area (Å²) >= 11 is 0. The van der Waals surface area contributed by atoms with Gasteiger partial charge in [0, 0.05) is 6.20 Å². The van der Waals surface area contributed by atoms with Crippen LogP contribution >= 0.6 is 0 Å². The Balaban J connectivity index is 1.95. The fourth-order valence-corrected chi connectivity index (χ4v) is 1.11. The van der Waals surface area contributed by atoms with Crippen molar-refractivity contribution in [3.05, 3.63) is 36.7 Å². The van der Waals surface area contributed by atoms with Crippen molar-refractivity contribution in [1.82, 2.24) is 20.0 Å². The van der Waals surface area contributed by atoms with E-state index < -0.39 is 5.95 Å². The van der Waals surface area contributed by atoms with Gasteiger partial charge in [0.15, 0.2) is 0 Å². The Bertz CT molecular complexity index is 467. The minimum absolute atomic E-state index is 0.0530. The van der Waals surface area contributed by atoms with Crippen LogP contribution < -0.4 is 5.32 Å². The monoisotopic (exact) mass is 221 g/mol. The van der Waals surface area contributed by atoms with Crippen LogP contribution in [0.4, 0.5) is 10.1 Å². The van der Waals surface area contributed by atoms with Crippen LogP contribution in [0.25, 0.3) is 0 Å². The van der Waals surface area contributed by atoms with Crippen molar-refractivity contribution < 1.29 is 9.18 Å². The van der Waals surface area contributed by atoms with Gasteiger partial charge >= 0.3 is 0 Å². The highest BCUT2D eigenvalue weighted by atomic mass is 19.1. The molecule has 2 aromatic rings. The van der Waals surface area contributed by atoms with E-state index in [0.29, 0.717) is 5.69 Å². The standard InChI is InChI=1S/C9H8FN5O/c10-8-2-1-7(5-11-8)13-9(16)6-15-4-3-12-14-15/h1-5H,6H2,(H,13,16). The molecule has 0 fully saturated rings. The SMILES string of the molecule is O=C(Cn1ccnn1)Nc1ccc(F)nc1. The van der Waals surface area contributed by atoms with Crippen LogP contribution in [0.15, 0.2) is 30.7 Å². The highest BCUT2D eigenvalue weighted by Crippen LogP contribution is 2.04. The first-order valence-electron chi connectivity index (χ1n) is 4.49. The molecule has 7 heteroatoms.